The standard InChI is InChI=1S/C94H140N2O4/c1-5-9-13-17-21-25-29-33-37-41-45-49-55-61-91(97)79-65-69-87-83(75-79)84-76-80(92(98)62-56-50-46-42-38-34-30-26-22-18-14-10-6-2)66-70-88(84)95(87)73-59-53-54-60-74-96-89-71-67-81(93(99)63-57-51-47-43-39-35-31-27-23-19-15-11-7-3)77-85(89)86-78-82(68-72-90(86)96)94(100)64-58-52-48-44-40-36-32-28-24-20-16-12-8-4/h65-72,75-78H,5-52,55-58,61-64,73-74H2,1-4H3. The van der Waals surface area contributed by atoms with E-state index in [1.807, 2.05) is 24.3 Å². The van der Waals surface area contributed by atoms with E-state index in [9.17, 15) is 19.2 Å². The minimum Gasteiger partial charge on any atom is -0.329 e. The number of rotatable bonds is 62. The van der Waals surface area contributed by atoms with Crippen molar-refractivity contribution in [3.8, 4) is 23.7 Å². The van der Waals surface area contributed by atoms with Gasteiger partial charge in [0.05, 0.1) is 35.2 Å². The van der Waals surface area contributed by atoms with Crippen LogP contribution in [-0.2, 0) is 13.1 Å². The molecule has 6 nitrogen and oxygen atoms in total. The van der Waals surface area contributed by atoms with E-state index >= 15 is 0 Å². The third-order valence-corrected chi connectivity index (χ3v) is 21.8. The van der Waals surface area contributed by atoms with E-state index in [1.165, 1.54) is 283 Å². The van der Waals surface area contributed by atoms with Gasteiger partial charge in [-0.25, -0.2) is 0 Å². The highest BCUT2D eigenvalue weighted by Crippen LogP contribution is 2.34. The summed E-state index contributed by atoms with van der Waals surface area (Å²) in [5.74, 6) is 13.9. The topological polar surface area (TPSA) is 78.1 Å². The van der Waals surface area contributed by atoms with Crippen molar-refractivity contribution in [2.24, 2.45) is 0 Å². The monoisotopic (exact) mass is 1360 g/mol. The zero-order valence-corrected chi connectivity index (χ0v) is 64.5. The predicted octanol–water partition coefficient (Wildman–Crippen LogP) is 29.3. The van der Waals surface area contributed by atoms with Crippen LogP contribution in [0.3, 0.4) is 0 Å². The molecule has 0 N–H and O–H groups in total. The molecule has 0 aliphatic heterocycles. The van der Waals surface area contributed by atoms with Crippen LogP contribution in [0.2, 0.25) is 0 Å². The second kappa shape index (κ2) is 53.1. The highest BCUT2D eigenvalue weighted by atomic mass is 16.1. The van der Waals surface area contributed by atoms with E-state index < -0.39 is 0 Å². The van der Waals surface area contributed by atoms with E-state index in [-0.39, 0.29) is 23.1 Å². The molecule has 6 aromatic rings. The SMILES string of the molecule is CCCCCCCCCCCCCCCC(=O)c1ccc2c(c1)c1cc(C(=O)CCCCCCCCCCCCCCC)ccc1n2CC#CC#CCn1c2ccc(C(=O)CCCCCCCCCCCCCCC)cc2c2cc(C(=O)CCCCCCCCCCCCCCC)ccc21. The van der Waals surface area contributed by atoms with E-state index in [4.69, 9.17) is 0 Å². The van der Waals surface area contributed by atoms with E-state index in [2.05, 4.69) is 109 Å². The van der Waals surface area contributed by atoms with Crippen LogP contribution < -0.4 is 0 Å². The van der Waals surface area contributed by atoms with Crippen LogP contribution in [0, 0.1) is 23.7 Å². The van der Waals surface area contributed by atoms with Gasteiger partial charge in [-0.1, -0.05) is 348 Å². The Morgan fingerprint density at radius 2 is 0.390 bits per heavy atom. The zero-order chi connectivity index (χ0) is 70.7. The number of carbonyl (C=O) groups excluding carboxylic acids is 4. The van der Waals surface area contributed by atoms with Crippen LogP contribution in [0.25, 0.3) is 43.6 Å². The minimum absolute atomic E-state index is 0.183. The molecule has 0 aliphatic carbocycles. The van der Waals surface area contributed by atoms with Crippen molar-refractivity contribution in [3.05, 3.63) is 95.1 Å². The lowest BCUT2D eigenvalue weighted by Crippen LogP contribution is -2.00. The van der Waals surface area contributed by atoms with Crippen molar-refractivity contribution in [2.75, 3.05) is 0 Å². The number of benzene rings is 4. The average molecular weight is 1360 g/mol. The fourth-order valence-electron chi connectivity index (χ4n) is 15.4. The first-order valence-corrected chi connectivity index (χ1v) is 42.5. The fourth-order valence-corrected chi connectivity index (χ4v) is 15.4. The first kappa shape index (κ1) is 83.2. The van der Waals surface area contributed by atoms with Crippen molar-refractivity contribution < 1.29 is 19.2 Å². The number of fused-ring (bicyclic) bond motifs is 6. The Balaban J connectivity index is 1.12. The molecule has 0 aliphatic rings. The van der Waals surface area contributed by atoms with Gasteiger partial charge in [-0.2, -0.15) is 0 Å². The van der Waals surface area contributed by atoms with Crippen LogP contribution in [0.4, 0.5) is 0 Å². The van der Waals surface area contributed by atoms with Gasteiger partial charge in [0.25, 0.3) is 0 Å². The van der Waals surface area contributed by atoms with Crippen LogP contribution >= 0.6 is 0 Å². The molecule has 0 unspecified atom stereocenters. The Labute approximate surface area is 610 Å². The van der Waals surface area contributed by atoms with Crippen molar-refractivity contribution in [2.45, 2.75) is 400 Å². The largest absolute Gasteiger partial charge is 0.329 e. The maximum atomic E-state index is 13.9. The van der Waals surface area contributed by atoms with Crippen LogP contribution in [0.15, 0.2) is 72.8 Å². The number of Topliss-reactive ketones (excluding diaryl/α,β-unsaturated/α-hetero) is 4. The van der Waals surface area contributed by atoms with E-state index in [1.54, 1.807) is 0 Å². The van der Waals surface area contributed by atoms with Gasteiger partial charge in [0.15, 0.2) is 23.1 Å². The molecule has 0 saturated carbocycles. The molecule has 6 heteroatoms. The molecule has 0 atom stereocenters. The lowest BCUT2D eigenvalue weighted by atomic mass is 9.99. The van der Waals surface area contributed by atoms with Gasteiger partial charge in [0.2, 0.25) is 0 Å². The Morgan fingerprint density at radius 3 is 0.560 bits per heavy atom. The summed E-state index contributed by atoms with van der Waals surface area (Å²) in [7, 11) is 0. The number of unbranched alkanes of at least 4 members (excludes halogenated alkanes) is 48. The maximum absolute atomic E-state index is 13.9. The van der Waals surface area contributed by atoms with Crippen molar-refractivity contribution in [1.82, 2.24) is 9.13 Å². The molecule has 4 aromatic carbocycles. The molecule has 6 rings (SSSR count). The highest BCUT2D eigenvalue weighted by molar-refractivity contribution is 6.14. The minimum atomic E-state index is 0.183. The molecule has 550 valence electrons. The summed E-state index contributed by atoms with van der Waals surface area (Å²) in [6.07, 6.45) is 68.5. The van der Waals surface area contributed by atoms with Gasteiger partial charge in [-0.05, 0) is 110 Å². The second-order valence-corrected chi connectivity index (χ2v) is 30.4. The fraction of sp³-hybridized carbons (Fsp3) is 0.660. The summed E-state index contributed by atoms with van der Waals surface area (Å²) in [6, 6.07) is 24.5. The van der Waals surface area contributed by atoms with Gasteiger partial charge in [0.1, 0.15) is 0 Å². The van der Waals surface area contributed by atoms with E-state index in [0.29, 0.717) is 38.8 Å². The summed E-state index contributed by atoms with van der Waals surface area (Å²) in [5.41, 5.74) is 6.90. The van der Waals surface area contributed by atoms with Crippen molar-refractivity contribution in [3.63, 3.8) is 0 Å². The molecule has 0 saturated heterocycles. The smallest absolute Gasteiger partial charge is 0.162 e. The predicted molar refractivity (Wildman–Crippen MR) is 433 cm³/mol. The Kier molecular flexibility index (Phi) is 44.2. The third kappa shape index (κ3) is 31.9. The molecule has 0 amide bonds. The molecule has 0 bridgehead atoms. The first-order valence-electron chi connectivity index (χ1n) is 42.5. The Morgan fingerprint density at radius 1 is 0.230 bits per heavy atom. The summed E-state index contributed by atoms with van der Waals surface area (Å²) in [4.78, 5) is 55.6. The molecule has 2 aromatic heterocycles. The summed E-state index contributed by atoms with van der Waals surface area (Å²) >= 11 is 0. The lowest BCUT2D eigenvalue weighted by Gasteiger charge is -2.05. The normalized spacial score (nSPS) is 11.5. The van der Waals surface area contributed by atoms with Gasteiger partial charge >= 0.3 is 0 Å². The molecule has 100 heavy (non-hydrogen) atoms. The van der Waals surface area contributed by atoms with Crippen molar-refractivity contribution in [1.29, 1.82) is 0 Å². The number of carbonyl (C=O) groups is 4. The summed E-state index contributed by atoms with van der Waals surface area (Å²) < 4.78 is 4.42. The molecular weight excluding hydrogens is 1220 g/mol. The summed E-state index contributed by atoms with van der Waals surface area (Å²) in [6.45, 7) is 9.92. The van der Waals surface area contributed by atoms with Crippen LogP contribution in [0.5, 0.6) is 0 Å². The summed E-state index contributed by atoms with van der Waals surface area (Å²) in [5, 5.41) is 3.93. The Hall–Kier alpha value is -5.72. The van der Waals surface area contributed by atoms with Gasteiger partial charge in [-0.15, -0.1) is 0 Å². The van der Waals surface area contributed by atoms with Crippen LogP contribution in [0.1, 0.15) is 429 Å². The molecule has 0 spiro atoms. The number of ketones is 4. The van der Waals surface area contributed by atoms with Gasteiger partial charge in [-0.3, -0.25) is 19.2 Å². The second-order valence-electron chi connectivity index (χ2n) is 30.4. The molecule has 0 fully saturated rings. The number of hydrogen-bond donors (Lipinski definition) is 0. The maximum Gasteiger partial charge on any atom is 0.162 e. The quantitative estimate of drug-likeness (QED) is 0.0217. The Bertz CT molecular complexity index is 2960. The molecule has 0 radical (unpaired) electrons. The van der Waals surface area contributed by atoms with Gasteiger partial charge < -0.3 is 9.13 Å². The number of nitrogens with zero attached hydrogens (tertiary/aromatic N) is 2. The number of hydrogen-bond acceptors (Lipinski definition) is 4. The average Bonchev–Trinajstić information content (AvgIpc) is 1.61. The first-order chi connectivity index (χ1) is 49.3. The number of aromatic nitrogens is 2. The molecule has 2 heterocycles. The zero-order valence-electron chi connectivity index (χ0n) is 64.5. The molecular formula is C94H140N2O4. The highest BCUT2D eigenvalue weighted by Gasteiger charge is 2.19. The van der Waals surface area contributed by atoms with Crippen molar-refractivity contribution >= 4 is 66.7 Å². The van der Waals surface area contributed by atoms with Gasteiger partial charge in [0, 0.05) is 69.5 Å². The lowest BCUT2D eigenvalue weighted by molar-refractivity contribution is 0.0971. The van der Waals surface area contributed by atoms with Crippen LogP contribution in [-0.4, -0.2) is 32.3 Å². The third-order valence-electron chi connectivity index (χ3n) is 21.8. The van der Waals surface area contributed by atoms with E-state index in [0.717, 1.165) is 117 Å².